The van der Waals surface area contributed by atoms with Crippen molar-refractivity contribution < 1.29 is 19.4 Å². The van der Waals surface area contributed by atoms with Gasteiger partial charge in [0.15, 0.2) is 0 Å². The number of ketones is 1. The number of aliphatic hydroxyl groups is 1. The summed E-state index contributed by atoms with van der Waals surface area (Å²) in [5.74, 6) is -0.588. The molecule has 1 atom stereocenters. The van der Waals surface area contributed by atoms with Gasteiger partial charge < -0.3 is 19.6 Å². The van der Waals surface area contributed by atoms with Gasteiger partial charge in [0.1, 0.15) is 11.5 Å². The standard InChI is InChI=1S/C25H32N2O4S/c1-5-6-14-31-18-10-11-19(17(2)16-18)23(28)21-22(20-9-7-15-32-20)27(25(30)24(21)29)13-8-12-26(3)4/h7,9-11,15-16,22,28H,5-6,8,12-14H2,1-4H3/b23-21+/t22-/m1/s1. The van der Waals surface area contributed by atoms with Gasteiger partial charge in [-0.25, -0.2) is 0 Å². The quantitative estimate of drug-likeness (QED) is 0.245. The zero-order chi connectivity index (χ0) is 23.3. The number of amides is 1. The number of thiophene rings is 1. The number of unbranched alkanes of at least 4 members (excludes halogenated alkanes) is 1. The number of likely N-dealkylation sites (tertiary alicyclic amines) is 1. The molecule has 0 unspecified atom stereocenters. The number of aliphatic hydroxyl groups excluding tert-OH is 1. The Morgan fingerprint density at radius 3 is 2.62 bits per heavy atom. The van der Waals surface area contributed by atoms with Gasteiger partial charge in [0.05, 0.1) is 18.2 Å². The zero-order valence-electron chi connectivity index (χ0n) is 19.3. The Morgan fingerprint density at radius 2 is 2.00 bits per heavy atom. The summed E-state index contributed by atoms with van der Waals surface area (Å²) in [5, 5.41) is 13.2. The van der Waals surface area contributed by atoms with Crippen molar-refractivity contribution in [2.45, 2.75) is 39.2 Å². The topological polar surface area (TPSA) is 70.1 Å². The van der Waals surface area contributed by atoms with Crippen LogP contribution in [0, 0.1) is 6.92 Å². The first-order valence-electron chi connectivity index (χ1n) is 11.1. The van der Waals surface area contributed by atoms with Crippen LogP contribution in [0.25, 0.3) is 5.76 Å². The van der Waals surface area contributed by atoms with Gasteiger partial charge in [0.25, 0.3) is 11.7 Å². The minimum absolute atomic E-state index is 0.130. The lowest BCUT2D eigenvalue weighted by molar-refractivity contribution is -0.139. The number of hydrogen-bond acceptors (Lipinski definition) is 6. The third kappa shape index (κ3) is 5.22. The van der Waals surface area contributed by atoms with Crippen LogP contribution in [-0.4, -0.2) is 60.4 Å². The fourth-order valence-electron chi connectivity index (χ4n) is 3.88. The molecule has 1 N–H and O–H groups in total. The van der Waals surface area contributed by atoms with Crippen LogP contribution in [-0.2, 0) is 9.59 Å². The number of carbonyl (C=O) groups is 2. The lowest BCUT2D eigenvalue weighted by Crippen LogP contribution is -2.32. The van der Waals surface area contributed by atoms with Crippen LogP contribution < -0.4 is 4.74 Å². The SMILES string of the molecule is CCCCOc1ccc(/C(O)=C2\C(=O)C(=O)N(CCCN(C)C)[C@@H]2c2cccs2)c(C)c1. The van der Waals surface area contributed by atoms with E-state index in [1.165, 1.54) is 11.3 Å². The van der Waals surface area contributed by atoms with Crippen LogP contribution in [0.4, 0.5) is 0 Å². The average Bonchev–Trinajstić information content (AvgIpc) is 3.36. The molecule has 0 bridgehead atoms. The Balaban J connectivity index is 1.97. The predicted molar refractivity (Wildman–Crippen MR) is 128 cm³/mol. The molecule has 32 heavy (non-hydrogen) atoms. The lowest BCUT2D eigenvalue weighted by Gasteiger charge is -2.24. The van der Waals surface area contributed by atoms with Gasteiger partial charge in [-0.15, -0.1) is 11.3 Å². The summed E-state index contributed by atoms with van der Waals surface area (Å²) < 4.78 is 5.76. The van der Waals surface area contributed by atoms with Crippen molar-refractivity contribution in [1.82, 2.24) is 9.80 Å². The van der Waals surface area contributed by atoms with Gasteiger partial charge in [0.2, 0.25) is 0 Å². The molecule has 172 valence electrons. The smallest absolute Gasteiger partial charge is 0.295 e. The second-order valence-corrected chi connectivity index (χ2v) is 9.32. The van der Waals surface area contributed by atoms with Crippen molar-refractivity contribution in [3.8, 4) is 5.75 Å². The second-order valence-electron chi connectivity index (χ2n) is 8.34. The number of nitrogens with zero attached hydrogens (tertiary/aromatic N) is 2. The number of ether oxygens (including phenoxy) is 1. The normalized spacial score (nSPS) is 18.0. The van der Waals surface area contributed by atoms with Gasteiger partial charge in [-0.3, -0.25) is 9.59 Å². The summed E-state index contributed by atoms with van der Waals surface area (Å²) >= 11 is 1.48. The van der Waals surface area contributed by atoms with E-state index in [2.05, 4.69) is 6.92 Å². The molecule has 0 spiro atoms. The number of hydrogen-bond donors (Lipinski definition) is 1. The number of rotatable bonds is 10. The van der Waals surface area contributed by atoms with Crippen molar-refractivity contribution in [3.63, 3.8) is 0 Å². The summed E-state index contributed by atoms with van der Waals surface area (Å²) in [5.41, 5.74) is 1.49. The van der Waals surface area contributed by atoms with Crippen molar-refractivity contribution in [3.05, 3.63) is 57.3 Å². The van der Waals surface area contributed by atoms with Gasteiger partial charge in [-0.05, 0) is 75.6 Å². The Hall–Kier alpha value is -2.64. The minimum Gasteiger partial charge on any atom is -0.507 e. The van der Waals surface area contributed by atoms with Crippen LogP contribution in [0.5, 0.6) is 5.75 Å². The highest BCUT2D eigenvalue weighted by atomic mass is 32.1. The Labute approximate surface area is 194 Å². The first kappa shape index (κ1) is 24.0. The number of aryl methyl sites for hydroxylation is 1. The monoisotopic (exact) mass is 456 g/mol. The molecule has 1 aliphatic heterocycles. The molecule has 1 aliphatic rings. The van der Waals surface area contributed by atoms with Gasteiger partial charge in [-0.1, -0.05) is 19.4 Å². The van der Waals surface area contributed by atoms with Crippen LogP contribution >= 0.6 is 11.3 Å². The molecule has 7 heteroatoms. The second kappa shape index (κ2) is 10.8. The molecule has 1 fully saturated rings. The van der Waals surface area contributed by atoms with E-state index < -0.39 is 17.7 Å². The van der Waals surface area contributed by atoms with Crippen molar-refractivity contribution in [2.24, 2.45) is 0 Å². The number of Topliss-reactive ketones (excluding diaryl/α,β-unsaturated/α-hetero) is 1. The molecular formula is C25H32N2O4S. The first-order chi connectivity index (χ1) is 15.3. The maximum atomic E-state index is 13.0. The third-order valence-corrected chi connectivity index (χ3v) is 6.50. The highest BCUT2D eigenvalue weighted by molar-refractivity contribution is 7.10. The maximum absolute atomic E-state index is 13.0. The lowest BCUT2D eigenvalue weighted by atomic mass is 9.97. The summed E-state index contributed by atoms with van der Waals surface area (Å²) in [6.07, 6.45) is 2.76. The zero-order valence-corrected chi connectivity index (χ0v) is 20.1. The fourth-order valence-corrected chi connectivity index (χ4v) is 4.73. The van der Waals surface area contributed by atoms with E-state index >= 15 is 0 Å². The summed E-state index contributed by atoms with van der Waals surface area (Å²) in [6.45, 7) is 5.87. The van der Waals surface area contributed by atoms with E-state index in [9.17, 15) is 14.7 Å². The van der Waals surface area contributed by atoms with Crippen molar-refractivity contribution >= 4 is 28.8 Å². The highest BCUT2D eigenvalue weighted by Crippen LogP contribution is 2.41. The molecule has 0 aliphatic carbocycles. The number of benzene rings is 1. The maximum Gasteiger partial charge on any atom is 0.295 e. The van der Waals surface area contributed by atoms with Gasteiger partial charge >= 0.3 is 0 Å². The Bertz CT molecular complexity index is 982. The molecule has 6 nitrogen and oxygen atoms in total. The van der Waals surface area contributed by atoms with Gasteiger partial charge in [-0.2, -0.15) is 0 Å². The van der Waals surface area contributed by atoms with E-state index in [0.29, 0.717) is 18.7 Å². The third-order valence-electron chi connectivity index (χ3n) is 5.58. The molecule has 1 amide bonds. The Kier molecular flexibility index (Phi) is 8.10. The fraction of sp³-hybridized carbons (Fsp3) is 0.440. The molecule has 2 heterocycles. The molecule has 0 saturated carbocycles. The van der Waals surface area contributed by atoms with E-state index in [4.69, 9.17) is 4.74 Å². The molecule has 0 radical (unpaired) electrons. The highest BCUT2D eigenvalue weighted by Gasteiger charge is 2.46. The van der Waals surface area contributed by atoms with Gasteiger partial charge in [0, 0.05) is 17.0 Å². The van der Waals surface area contributed by atoms with Crippen molar-refractivity contribution in [1.29, 1.82) is 0 Å². The van der Waals surface area contributed by atoms with Crippen molar-refractivity contribution in [2.75, 3.05) is 33.8 Å². The minimum atomic E-state index is -0.631. The molecule has 1 aromatic carbocycles. The molecule has 1 aromatic heterocycles. The van der Waals surface area contributed by atoms with E-state index in [1.54, 1.807) is 17.0 Å². The summed E-state index contributed by atoms with van der Waals surface area (Å²) in [6, 6.07) is 8.65. The van der Waals surface area contributed by atoms with E-state index in [0.717, 1.165) is 42.0 Å². The van der Waals surface area contributed by atoms with Crippen LogP contribution in [0.1, 0.15) is 48.2 Å². The molecule has 1 saturated heterocycles. The van der Waals surface area contributed by atoms with Crippen LogP contribution in [0.15, 0.2) is 41.3 Å². The van der Waals surface area contributed by atoms with E-state index in [-0.39, 0.29) is 11.3 Å². The molecule has 3 rings (SSSR count). The molecule has 2 aromatic rings. The molecular weight excluding hydrogens is 424 g/mol. The van der Waals surface area contributed by atoms with E-state index in [1.807, 2.05) is 49.5 Å². The summed E-state index contributed by atoms with van der Waals surface area (Å²) in [4.78, 5) is 30.5. The summed E-state index contributed by atoms with van der Waals surface area (Å²) in [7, 11) is 3.95. The average molecular weight is 457 g/mol. The number of carbonyl (C=O) groups excluding carboxylic acids is 2. The first-order valence-corrected chi connectivity index (χ1v) is 11.9. The van der Waals surface area contributed by atoms with Crippen LogP contribution in [0.2, 0.25) is 0 Å². The largest absolute Gasteiger partial charge is 0.507 e. The predicted octanol–water partition coefficient (Wildman–Crippen LogP) is 4.61. The van der Waals surface area contributed by atoms with Crippen LogP contribution in [0.3, 0.4) is 0 Å². The Morgan fingerprint density at radius 1 is 1.22 bits per heavy atom.